The van der Waals surface area contributed by atoms with Gasteiger partial charge in [-0.3, -0.25) is 4.79 Å². The number of nitrogens with one attached hydrogen (secondary N) is 5. The number of carbonyl (C=O) groups is 1. The fourth-order valence-corrected chi connectivity index (χ4v) is 3.47. The molecule has 2 aromatic heterocycles. The molecule has 0 atom stereocenters. The molecule has 0 fully saturated rings. The Kier molecular flexibility index (Phi) is 7.19. The van der Waals surface area contributed by atoms with Gasteiger partial charge >= 0.3 is 0 Å². The van der Waals surface area contributed by atoms with Crippen LogP contribution in [0.4, 0.5) is 20.3 Å². The first-order chi connectivity index (χ1) is 15.0. The minimum absolute atomic E-state index is 0.00282. The number of hydrogen-bond donors (Lipinski definition) is 5. The third kappa shape index (κ3) is 4.66. The fourth-order valence-electron chi connectivity index (χ4n) is 2.85. The molecule has 3 rings (SSSR count). The van der Waals surface area contributed by atoms with Crippen molar-refractivity contribution in [1.29, 1.82) is 5.41 Å². The number of fused-ring (bicyclic) bond motifs is 1. The number of nitrogens with zero attached hydrogens (tertiary/aromatic N) is 2. The number of allylic oxidation sites excluding steroid dienone is 1. The third-order valence-electron chi connectivity index (χ3n) is 4.24. The lowest BCUT2D eigenvalue weighted by atomic mass is 10.0. The Bertz CT molecular complexity index is 1150. The summed E-state index contributed by atoms with van der Waals surface area (Å²) in [6.45, 7) is 1.98. The normalized spacial score (nSPS) is 11.4. The van der Waals surface area contributed by atoms with Gasteiger partial charge in [0.1, 0.15) is 23.6 Å². The summed E-state index contributed by atoms with van der Waals surface area (Å²) in [5, 5.41) is 13.4. The first kappa shape index (κ1) is 22.2. The molecule has 31 heavy (non-hydrogen) atoms. The Hall–Kier alpha value is -3.47. The predicted octanol–water partition coefficient (Wildman–Crippen LogP) is 4.06. The molecule has 0 spiro atoms. The number of aromatic amines is 1. The zero-order chi connectivity index (χ0) is 22.4. The lowest BCUT2D eigenvalue weighted by Gasteiger charge is -2.11. The Morgan fingerprint density at radius 3 is 2.84 bits per heavy atom. The Labute approximate surface area is 181 Å². The number of carbonyl (C=O) groups excluding carboxylic acids is 1. The van der Waals surface area contributed by atoms with Crippen LogP contribution in [0.1, 0.15) is 29.3 Å². The van der Waals surface area contributed by atoms with Gasteiger partial charge in [-0.05, 0) is 18.6 Å². The number of hydrogen-bond acceptors (Lipinski definition) is 8. The number of anilines is 2. The highest BCUT2D eigenvalue weighted by molar-refractivity contribution is 8.00. The molecular weight excluding hydrogens is 424 g/mol. The summed E-state index contributed by atoms with van der Waals surface area (Å²) in [4.78, 5) is 24.2. The number of aromatic nitrogens is 3. The number of halogens is 2. The van der Waals surface area contributed by atoms with Crippen molar-refractivity contribution in [2.75, 3.05) is 22.8 Å². The molecule has 3 aromatic rings. The van der Waals surface area contributed by atoms with Gasteiger partial charge in [0.2, 0.25) is 5.78 Å². The molecule has 0 radical (unpaired) electrons. The lowest BCUT2D eigenvalue weighted by molar-refractivity contribution is 0.103. The summed E-state index contributed by atoms with van der Waals surface area (Å²) in [6.07, 6.45) is 6.06. The van der Waals surface area contributed by atoms with Crippen LogP contribution in [-0.2, 0) is 0 Å². The van der Waals surface area contributed by atoms with Crippen LogP contribution in [-0.4, -0.2) is 39.8 Å². The molecule has 0 aliphatic heterocycles. The summed E-state index contributed by atoms with van der Waals surface area (Å²) in [6, 6.07) is 2.31. The van der Waals surface area contributed by atoms with Crippen molar-refractivity contribution in [3.05, 3.63) is 59.3 Å². The van der Waals surface area contributed by atoms with Crippen LogP contribution >= 0.6 is 11.9 Å². The van der Waals surface area contributed by atoms with Crippen LogP contribution in [0.2, 0.25) is 0 Å². The van der Waals surface area contributed by atoms with Crippen molar-refractivity contribution in [1.82, 2.24) is 20.3 Å². The number of benzene rings is 1. The molecule has 1 aromatic carbocycles. The summed E-state index contributed by atoms with van der Waals surface area (Å²) < 4.78 is 32.4. The van der Waals surface area contributed by atoms with Crippen LogP contribution in [0.5, 0.6) is 0 Å². The van der Waals surface area contributed by atoms with Crippen molar-refractivity contribution < 1.29 is 13.6 Å². The van der Waals surface area contributed by atoms with Gasteiger partial charge in [0, 0.05) is 31.4 Å². The molecule has 0 bridgehead atoms. The van der Waals surface area contributed by atoms with Crippen molar-refractivity contribution >= 4 is 46.5 Å². The van der Waals surface area contributed by atoms with Gasteiger partial charge in [-0.15, -0.1) is 0 Å². The molecule has 11 heteroatoms. The lowest BCUT2D eigenvalue weighted by Crippen LogP contribution is -2.11. The second kappa shape index (κ2) is 10.0. The van der Waals surface area contributed by atoms with Crippen LogP contribution in [0.3, 0.4) is 0 Å². The molecule has 8 nitrogen and oxygen atoms in total. The average molecular weight is 445 g/mol. The van der Waals surface area contributed by atoms with Crippen LogP contribution in [0.15, 0.2) is 36.6 Å². The van der Waals surface area contributed by atoms with E-state index in [-0.39, 0.29) is 22.5 Å². The van der Waals surface area contributed by atoms with E-state index in [0.29, 0.717) is 11.3 Å². The molecule has 0 saturated heterocycles. The zero-order valence-electron chi connectivity index (χ0n) is 16.8. The summed E-state index contributed by atoms with van der Waals surface area (Å²) in [5.41, 5.74) is 0.0291. The van der Waals surface area contributed by atoms with Crippen molar-refractivity contribution in [3.63, 3.8) is 0 Å². The maximum absolute atomic E-state index is 15.0. The molecule has 5 N–H and O–H groups in total. The van der Waals surface area contributed by atoms with E-state index in [9.17, 15) is 9.18 Å². The second-order valence-electron chi connectivity index (χ2n) is 6.37. The monoisotopic (exact) mass is 445 g/mol. The predicted molar refractivity (Wildman–Crippen MR) is 120 cm³/mol. The highest BCUT2D eigenvalue weighted by atomic mass is 32.2. The van der Waals surface area contributed by atoms with Crippen LogP contribution < -0.4 is 15.4 Å². The largest absolute Gasteiger partial charge is 0.392 e. The number of ketones is 1. The van der Waals surface area contributed by atoms with E-state index in [4.69, 9.17) is 5.41 Å². The molecule has 162 valence electrons. The zero-order valence-corrected chi connectivity index (χ0v) is 17.7. The van der Waals surface area contributed by atoms with Gasteiger partial charge in [0.25, 0.3) is 0 Å². The SMILES string of the molecule is CCCSNc1ccc(F)c(C(=O)c2c[nH]c3ncnc(N/C(C=N)=C/NC)c23)c1F. The fraction of sp³-hybridized carbons (Fsp3) is 0.200. The Morgan fingerprint density at radius 1 is 1.32 bits per heavy atom. The van der Waals surface area contributed by atoms with Gasteiger partial charge in [0.15, 0.2) is 5.82 Å². The maximum Gasteiger partial charge on any atom is 0.201 e. The molecule has 0 unspecified atom stereocenters. The molecule has 0 saturated carbocycles. The Morgan fingerprint density at radius 2 is 2.13 bits per heavy atom. The molecule has 0 aliphatic rings. The van der Waals surface area contributed by atoms with Crippen molar-refractivity contribution in [2.45, 2.75) is 13.3 Å². The second-order valence-corrected chi connectivity index (χ2v) is 7.27. The van der Waals surface area contributed by atoms with E-state index >= 15 is 4.39 Å². The maximum atomic E-state index is 15.0. The standard InChI is InChI=1S/C20H21F2N7OS/c1-3-6-31-29-14-5-4-13(21)16(17(14)22)18(30)12-9-25-19-15(12)20(27-10-26-19)28-11(7-23)8-24-2/h4-5,7-10,23-24,29H,3,6H2,1-2H3,(H2,25,26,27,28)/b11-8+,23-7?. The number of rotatable bonds is 10. The van der Waals surface area contributed by atoms with Crippen LogP contribution in [0, 0.1) is 17.0 Å². The third-order valence-corrected chi connectivity index (χ3v) is 5.22. The molecular formula is C20H21F2N7OS. The van der Waals surface area contributed by atoms with Crippen molar-refractivity contribution in [3.8, 4) is 0 Å². The van der Waals surface area contributed by atoms with Crippen molar-refractivity contribution in [2.24, 2.45) is 0 Å². The minimum Gasteiger partial charge on any atom is -0.392 e. The summed E-state index contributed by atoms with van der Waals surface area (Å²) in [5.74, 6) is -1.84. The highest BCUT2D eigenvalue weighted by Gasteiger charge is 2.26. The summed E-state index contributed by atoms with van der Waals surface area (Å²) >= 11 is 1.27. The summed E-state index contributed by atoms with van der Waals surface area (Å²) in [7, 11) is 1.66. The topological polar surface area (TPSA) is 119 Å². The average Bonchev–Trinajstić information content (AvgIpc) is 3.20. The van der Waals surface area contributed by atoms with Gasteiger partial charge in [-0.2, -0.15) is 0 Å². The Balaban J connectivity index is 2.07. The van der Waals surface area contributed by atoms with E-state index in [0.717, 1.165) is 24.5 Å². The van der Waals surface area contributed by atoms with Crippen LogP contribution in [0.25, 0.3) is 11.0 Å². The van der Waals surface area contributed by atoms with E-state index in [1.807, 2.05) is 6.92 Å². The van der Waals surface area contributed by atoms with E-state index in [2.05, 4.69) is 30.3 Å². The smallest absolute Gasteiger partial charge is 0.201 e. The first-order valence-electron chi connectivity index (χ1n) is 9.39. The van der Waals surface area contributed by atoms with Gasteiger partial charge in [0.05, 0.1) is 27.9 Å². The van der Waals surface area contributed by atoms with E-state index < -0.39 is 23.0 Å². The molecule has 0 aliphatic carbocycles. The molecule has 0 amide bonds. The molecule has 2 heterocycles. The number of H-pyrrole nitrogens is 1. The van der Waals surface area contributed by atoms with E-state index in [1.165, 1.54) is 36.7 Å². The first-order valence-corrected chi connectivity index (χ1v) is 10.4. The minimum atomic E-state index is -0.968. The van der Waals surface area contributed by atoms with E-state index in [1.54, 1.807) is 7.05 Å². The highest BCUT2D eigenvalue weighted by Crippen LogP contribution is 2.30. The van der Waals surface area contributed by atoms with Gasteiger partial charge < -0.3 is 25.7 Å². The van der Waals surface area contributed by atoms with Gasteiger partial charge in [-0.25, -0.2) is 18.7 Å². The quantitative estimate of drug-likeness (QED) is 0.138. The van der Waals surface area contributed by atoms with Gasteiger partial charge in [-0.1, -0.05) is 18.9 Å².